The molecule has 2 unspecified atom stereocenters. The van der Waals surface area contributed by atoms with Crippen LogP contribution in [0.5, 0.6) is 0 Å². The average Bonchev–Trinajstić information content (AvgIpc) is 2.32. The summed E-state index contributed by atoms with van der Waals surface area (Å²) in [5.74, 6) is 0.748. The molecule has 1 aliphatic carbocycles. The van der Waals surface area contributed by atoms with Gasteiger partial charge in [0.1, 0.15) is 0 Å². The van der Waals surface area contributed by atoms with Gasteiger partial charge in [-0.3, -0.25) is 4.90 Å². The molecule has 1 saturated carbocycles. The van der Waals surface area contributed by atoms with Gasteiger partial charge in [0.15, 0.2) is 0 Å². The van der Waals surface area contributed by atoms with E-state index < -0.39 is 0 Å². The van der Waals surface area contributed by atoms with Crippen molar-refractivity contribution in [3.63, 3.8) is 0 Å². The third kappa shape index (κ3) is 3.39. The van der Waals surface area contributed by atoms with E-state index in [4.69, 9.17) is 0 Å². The number of hydrogen-bond donors (Lipinski definition) is 1. The van der Waals surface area contributed by atoms with Gasteiger partial charge in [0.25, 0.3) is 0 Å². The molecule has 0 aromatic rings. The summed E-state index contributed by atoms with van der Waals surface area (Å²) >= 11 is 0. The molecule has 1 N–H and O–H groups in total. The Hall–Kier alpha value is -0.0800. The third-order valence-corrected chi connectivity index (χ3v) is 5.98. The summed E-state index contributed by atoms with van der Waals surface area (Å²) in [4.78, 5) is 2.83. The minimum absolute atomic E-state index is 0.360. The number of rotatable bonds is 4. The van der Waals surface area contributed by atoms with Crippen molar-refractivity contribution in [1.82, 2.24) is 10.2 Å². The summed E-state index contributed by atoms with van der Waals surface area (Å²) in [6, 6.07) is 1.35. The van der Waals surface area contributed by atoms with Crippen molar-refractivity contribution in [3.8, 4) is 0 Å². The van der Waals surface area contributed by atoms with Gasteiger partial charge in [-0.05, 0) is 36.0 Å². The minimum atomic E-state index is 0.360. The molecule has 1 heterocycles. The number of nitrogens with one attached hydrogen (secondary N) is 1. The van der Waals surface area contributed by atoms with Gasteiger partial charge in [-0.15, -0.1) is 0 Å². The Bertz CT molecular complexity index is 306. The summed E-state index contributed by atoms with van der Waals surface area (Å²) in [6.45, 7) is 18.0. The largest absolute Gasteiger partial charge is 0.311 e. The zero-order chi connectivity index (χ0) is 15.0. The molecule has 1 aliphatic heterocycles. The summed E-state index contributed by atoms with van der Waals surface area (Å²) in [5, 5.41) is 3.82. The van der Waals surface area contributed by atoms with Gasteiger partial charge < -0.3 is 5.32 Å². The van der Waals surface area contributed by atoms with Crippen LogP contribution < -0.4 is 5.32 Å². The monoisotopic (exact) mass is 280 g/mol. The van der Waals surface area contributed by atoms with Gasteiger partial charge in [0.2, 0.25) is 0 Å². The quantitative estimate of drug-likeness (QED) is 0.840. The molecule has 2 rings (SSSR count). The Morgan fingerprint density at radius 3 is 2.30 bits per heavy atom. The van der Waals surface area contributed by atoms with E-state index in [2.05, 4.69) is 51.8 Å². The van der Waals surface area contributed by atoms with Gasteiger partial charge in [-0.2, -0.15) is 0 Å². The highest BCUT2D eigenvalue weighted by molar-refractivity contribution is 4.97. The van der Waals surface area contributed by atoms with E-state index in [9.17, 15) is 0 Å². The fraction of sp³-hybridized carbons (Fsp3) is 1.00. The second-order valence-electron chi connectivity index (χ2n) is 8.77. The van der Waals surface area contributed by atoms with Crippen molar-refractivity contribution in [1.29, 1.82) is 0 Å². The molecular weight excluding hydrogens is 244 g/mol. The zero-order valence-electron chi connectivity index (χ0n) is 14.6. The fourth-order valence-corrected chi connectivity index (χ4v) is 3.98. The van der Waals surface area contributed by atoms with Crippen molar-refractivity contribution in [2.75, 3.05) is 19.6 Å². The van der Waals surface area contributed by atoms with E-state index in [0.29, 0.717) is 16.9 Å². The van der Waals surface area contributed by atoms with Crippen LogP contribution in [-0.4, -0.2) is 36.6 Å². The van der Waals surface area contributed by atoms with E-state index in [1.165, 1.54) is 45.3 Å². The predicted molar refractivity (Wildman–Crippen MR) is 88.0 cm³/mol. The van der Waals surface area contributed by atoms with Crippen molar-refractivity contribution >= 4 is 0 Å². The minimum Gasteiger partial charge on any atom is -0.311 e. The Morgan fingerprint density at radius 1 is 1.25 bits per heavy atom. The first-order valence-corrected chi connectivity index (χ1v) is 8.75. The average molecular weight is 281 g/mol. The summed E-state index contributed by atoms with van der Waals surface area (Å²) in [5.41, 5.74) is 1.01. The molecule has 0 aromatic carbocycles. The smallest absolute Gasteiger partial charge is 0.0244 e. The number of nitrogens with zero attached hydrogens (tertiary/aromatic N) is 1. The maximum atomic E-state index is 3.82. The number of piperazine rings is 1. The van der Waals surface area contributed by atoms with Gasteiger partial charge in [0, 0.05) is 31.7 Å². The zero-order valence-corrected chi connectivity index (χ0v) is 14.6. The van der Waals surface area contributed by atoms with Crippen LogP contribution in [0.25, 0.3) is 0 Å². The summed E-state index contributed by atoms with van der Waals surface area (Å²) in [6.07, 6.45) is 5.73. The first kappa shape index (κ1) is 16.3. The first-order chi connectivity index (χ1) is 9.27. The van der Waals surface area contributed by atoms with Crippen LogP contribution in [-0.2, 0) is 0 Å². The molecule has 0 aromatic heterocycles. The second kappa shape index (κ2) is 5.96. The number of hydrogen-bond acceptors (Lipinski definition) is 2. The lowest BCUT2D eigenvalue weighted by Gasteiger charge is -2.52. The molecule has 0 radical (unpaired) electrons. The molecule has 2 nitrogen and oxygen atoms in total. The normalized spacial score (nSPS) is 31.4. The molecule has 2 heteroatoms. The molecular formula is C18H36N2. The predicted octanol–water partition coefficient (Wildman–Crippen LogP) is 3.91. The highest BCUT2D eigenvalue weighted by Gasteiger charge is 2.42. The fourth-order valence-electron chi connectivity index (χ4n) is 3.98. The maximum Gasteiger partial charge on any atom is 0.0244 e. The molecule has 2 fully saturated rings. The molecule has 1 saturated heterocycles. The lowest BCUT2D eigenvalue weighted by atomic mass is 9.66. The Balaban J connectivity index is 2.07. The second-order valence-corrected chi connectivity index (χ2v) is 8.77. The SMILES string of the molecule is CCC1(CN2CC(C(C)(C)C)NCC2C(C)C)CCC1. The van der Waals surface area contributed by atoms with Crippen LogP contribution >= 0.6 is 0 Å². The molecule has 118 valence electrons. The molecule has 0 amide bonds. The maximum absolute atomic E-state index is 3.82. The molecule has 2 atom stereocenters. The third-order valence-electron chi connectivity index (χ3n) is 5.98. The van der Waals surface area contributed by atoms with Crippen LogP contribution in [0.1, 0.15) is 67.2 Å². The Morgan fingerprint density at radius 2 is 1.90 bits per heavy atom. The Kier molecular flexibility index (Phi) is 4.86. The van der Waals surface area contributed by atoms with Crippen LogP contribution in [0.15, 0.2) is 0 Å². The van der Waals surface area contributed by atoms with Crippen LogP contribution in [0.2, 0.25) is 0 Å². The highest BCUT2D eigenvalue weighted by Crippen LogP contribution is 2.45. The molecule has 2 aliphatic rings. The van der Waals surface area contributed by atoms with E-state index in [1.54, 1.807) is 0 Å². The summed E-state index contributed by atoms with van der Waals surface area (Å²) in [7, 11) is 0. The summed E-state index contributed by atoms with van der Waals surface area (Å²) < 4.78 is 0. The van der Waals surface area contributed by atoms with Gasteiger partial charge in [-0.25, -0.2) is 0 Å². The van der Waals surface area contributed by atoms with Crippen LogP contribution in [0, 0.1) is 16.7 Å². The van der Waals surface area contributed by atoms with Gasteiger partial charge >= 0.3 is 0 Å². The van der Waals surface area contributed by atoms with Crippen molar-refractivity contribution in [2.24, 2.45) is 16.7 Å². The van der Waals surface area contributed by atoms with Crippen molar-refractivity contribution < 1.29 is 0 Å². The molecule has 0 spiro atoms. The van der Waals surface area contributed by atoms with Crippen LogP contribution in [0.4, 0.5) is 0 Å². The van der Waals surface area contributed by atoms with E-state index in [0.717, 1.165) is 12.0 Å². The van der Waals surface area contributed by atoms with Gasteiger partial charge in [-0.1, -0.05) is 48.0 Å². The lowest BCUT2D eigenvalue weighted by Crippen LogP contribution is -2.63. The standard InChI is InChI=1S/C18H36N2/c1-7-18(9-8-10-18)13-20-12-16(17(4,5)6)19-11-15(20)14(2)3/h14-16,19H,7-13H2,1-6H3. The van der Waals surface area contributed by atoms with Crippen molar-refractivity contribution in [2.45, 2.75) is 79.3 Å². The first-order valence-electron chi connectivity index (χ1n) is 8.75. The molecule has 20 heavy (non-hydrogen) atoms. The molecule has 0 bridgehead atoms. The van der Waals surface area contributed by atoms with E-state index in [1.807, 2.05) is 0 Å². The highest BCUT2D eigenvalue weighted by atomic mass is 15.2. The van der Waals surface area contributed by atoms with Gasteiger partial charge in [0.05, 0.1) is 0 Å². The lowest BCUT2D eigenvalue weighted by molar-refractivity contribution is -0.00555. The van der Waals surface area contributed by atoms with Crippen LogP contribution in [0.3, 0.4) is 0 Å². The van der Waals surface area contributed by atoms with Crippen molar-refractivity contribution in [3.05, 3.63) is 0 Å². The van der Waals surface area contributed by atoms with E-state index >= 15 is 0 Å². The Labute approximate surface area is 126 Å². The van der Waals surface area contributed by atoms with E-state index in [-0.39, 0.29) is 0 Å². The topological polar surface area (TPSA) is 15.3 Å².